The molecule has 5 nitrogen and oxygen atoms in total. The number of anilines is 1. The summed E-state index contributed by atoms with van der Waals surface area (Å²) in [5.41, 5.74) is 0.623. The van der Waals surface area contributed by atoms with Gasteiger partial charge in [-0.1, -0.05) is 23.7 Å². The molecule has 128 valence electrons. The monoisotopic (exact) mass is 370 g/mol. The lowest BCUT2D eigenvalue weighted by Crippen LogP contribution is -2.23. The molecule has 0 atom stereocenters. The molecule has 8 heteroatoms. The van der Waals surface area contributed by atoms with Gasteiger partial charge in [-0.25, -0.2) is 17.1 Å². The van der Waals surface area contributed by atoms with Gasteiger partial charge in [0.25, 0.3) is 5.91 Å². The average molecular weight is 371 g/mol. The number of nitrogens with one attached hydrogen (secondary N) is 1. The molecule has 0 spiro atoms. The van der Waals surface area contributed by atoms with Crippen LogP contribution in [-0.4, -0.2) is 32.7 Å². The fraction of sp³-hybridized carbons (Fsp3) is 0.188. The Balaban J connectivity index is 2.41. The first-order valence-corrected chi connectivity index (χ1v) is 8.75. The molecule has 0 fully saturated rings. The van der Waals surface area contributed by atoms with Crippen molar-refractivity contribution in [1.29, 1.82) is 0 Å². The van der Waals surface area contributed by atoms with Crippen molar-refractivity contribution in [2.75, 3.05) is 19.4 Å². The number of benzene rings is 2. The van der Waals surface area contributed by atoms with Crippen LogP contribution in [0.25, 0.3) is 0 Å². The Bertz CT molecular complexity index is 898. The van der Waals surface area contributed by atoms with Gasteiger partial charge in [-0.15, -0.1) is 0 Å². The van der Waals surface area contributed by atoms with Crippen molar-refractivity contribution in [3.63, 3.8) is 0 Å². The second-order valence-electron chi connectivity index (χ2n) is 5.32. The van der Waals surface area contributed by atoms with E-state index in [2.05, 4.69) is 5.32 Å². The van der Waals surface area contributed by atoms with E-state index in [-0.39, 0.29) is 21.2 Å². The maximum absolute atomic E-state index is 13.9. The molecule has 1 amide bonds. The fourth-order valence-corrected chi connectivity index (χ4v) is 3.11. The van der Waals surface area contributed by atoms with Crippen molar-refractivity contribution in [2.24, 2.45) is 0 Å². The fourth-order valence-electron chi connectivity index (χ4n) is 2.01. The third-order valence-corrected chi connectivity index (χ3v) is 5.54. The van der Waals surface area contributed by atoms with Gasteiger partial charge in [0, 0.05) is 19.7 Å². The van der Waals surface area contributed by atoms with Crippen molar-refractivity contribution < 1.29 is 17.6 Å². The van der Waals surface area contributed by atoms with E-state index < -0.39 is 21.7 Å². The summed E-state index contributed by atoms with van der Waals surface area (Å²) in [6.07, 6.45) is 0. The summed E-state index contributed by atoms with van der Waals surface area (Å²) in [6, 6.07) is 8.45. The number of aryl methyl sites for hydroxylation is 1. The molecule has 2 aromatic rings. The predicted octanol–water partition coefficient (Wildman–Crippen LogP) is 3.29. The number of carbonyl (C=O) groups excluding carboxylic acids is 1. The zero-order chi connectivity index (χ0) is 18.1. The molecule has 0 aliphatic rings. The Morgan fingerprint density at radius 3 is 2.50 bits per heavy atom. The number of hydrogen-bond acceptors (Lipinski definition) is 3. The Morgan fingerprint density at radius 1 is 1.21 bits per heavy atom. The van der Waals surface area contributed by atoms with Crippen molar-refractivity contribution >= 4 is 33.2 Å². The number of carbonyl (C=O) groups is 1. The molecule has 0 saturated carbocycles. The molecular formula is C16H16ClFN2O3S. The quantitative estimate of drug-likeness (QED) is 0.898. The minimum absolute atomic E-state index is 0.0187. The van der Waals surface area contributed by atoms with E-state index in [0.29, 0.717) is 5.56 Å². The number of hydrogen-bond donors (Lipinski definition) is 1. The van der Waals surface area contributed by atoms with Crippen LogP contribution < -0.4 is 5.32 Å². The summed E-state index contributed by atoms with van der Waals surface area (Å²) in [5, 5.41) is 2.29. The van der Waals surface area contributed by atoms with Crippen LogP contribution in [0, 0.1) is 12.7 Å². The lowest BCUT2D eigenvalue weighted by molar-refractivity contribution is 0.102. The van der Waals surface area contributed by atoms with E-state index >= 15 is 0 Å². The zero-order valence-electron chi connectivity index (χ0n) is 13.3. The molecule has 1 N–H and O–H groups in total. The first kappa shape index (κ1) is 18.4. The maximum atomic E-state index is 13.9. The summed E-state index contributed by atoms with van der Waals surface area (Å²) in [7, 11) is -0.881. The topological polar surface area (TPSA) is 66.5 Å². The lowest BCUT2D eigenvalue weighted by atomic mass is 10.1. The van der Waals surface area contributed by atoms with Crippen LogP contribution in [0.1, 0.15) is 15.9 Å². The summed E-state index contributed by atoms with van der Waals surface area (Å²) >= 11 is 5.68. The number of rotatable bonds is 4. The van der Waals surface area contributed by atoms with Gasteiger partial charge >= 0.3 is 0 Å². The Hall–Kier alpha value is -1.96. The Morgan fingerprint density at radius 2 is 1.88 bits per heavy atom. The van der Waals surface area contributed by atoms with Crippen LogP contribution in [0.5, 0.6) is 0 Å². The third-order valence-electron chi connectivity index (χ3n) is 3.43. The molecule has 0 aliphatic carbocycles. The van der Waals surface area contributed by atoms with Crippen LogP contribution in [0.4, 0.5) is 10.1 Å². The zero-order valence-corrected chi connectivity index (χ0v) is 14.9. The highest BCUT2D eigenvalue weighted by molar-refractivity contribution is 7.89. The first-order valence-electron chi connectivity index (χ1n) is 6.93. The summed E-state index contributed by atoms with van der Waals surface area (Å²) < 4.78 is 39.3. The summed E-state index contributed by atoms with van der Waals surface area (Å²) in [6.45, 7) is 1.66. The predicted molar refractivity (Wildman–Crippen MR) is 91.4 cm³/mol. The smallest absolute Gasteiger partial charge is 0.256 e. The van der Waals surface area contributed by atoms with Crippen molar-refractivity contribution in [1.82, 2.24) is 4.31 Å². The van der Waals surface area contributed by atoms with Gasteiger partial charge in [-0.3, -0.25) is 4.79 Å². The highest BCUT2D eigenvalue weighted by Crippen LogP contribution is 2.24. The SMILES string of the molecule is Cc1ccc(S(=O)(=O)N(C)C)cc1C(=O)Nc1cccc(Cl)c1F. The number of halogens is 2. The van der Waals surface area contributed by atoms with E-state index in [0.717, 1.165) is 4.31 Å². The van der Waals surface area contributed by atoms with Gasteiger partial charge in [0.1, 0.15) is 0 Å². The number of amides is 1. The molecular weight excluding hydrogens is 355 g/mol. The van der Waals surface area contributed by atoms with Gasteiger partial charge < -0.3 is 5.32 Å². The van der Waals surface area contributed by atoms with Crippen molar-refractivity contribution in [3.05, 3.63) is 58.4 Å². The molecule has 0 heterocycles. The molecule has 0 bridgehead atoms. The van der Waals surface area contributed by atoms with E-state index in [9.17, 15) is 17.6 Å². The molecule has 2 rings (SSSR count). The molecule has 24 heavy (non-hydrogen) atoms. The molecule has 0 aromatic heterocycles. The molecule has 0 radical (unpaired) electrons. The van der Waals surface area contributed by atoms with Gasteiger partial charge in [0.05, 0.1) is 15.6 Å². The number of sulfonamides is 1. The summed E-state index contributed by atoms with van der Waals surface area (Å²) in [4.78, 5) is 12.4. The highest BCUT2D eigenvalue weighted by atomic mass is 35.5. The molecule has 2 aromatic carbocycles. The van der Waals surface area contributed by atoms with Gasteiger partial charge in [-0.05, 0) is 36.8 Å². The first-order chi connectivity index (χ1) is 11.1. The second-order valence-corrected chi connectivity index (χ2v) is 7.88. The second kappa shape index (κ2) is 6.88. The normalized spacial score (nSPS) is 11.6. The largest absolute Gasteiger partial charge is 0.319 e. The number of nitrogens with zero attached hydrogens (tertiary/aromatic N) is 1. The van der Waals surface area contributed by atoms with E-state index in [4.69, 9.17) is 11.6 Å². The van der Waals surface area contributed by atoms with Gasteiger partial charge in [-0.2, -0.15) is 0 Å². The third kappa shape index (κ3) is 3.58. The highest BCUT2D eigenvalue weighted by Gasteiger charge is 2.20. The van der Waals surface area contributed by atoms with E-state index in [1.54, 1.807) is 6.92 Å². The van der Waals surface area contributed by atoms with Crippen LogP contribution in [0.3, 0.4) is 0 Å². The Labute approximate surface area is 145 Å². The van der Waals surface area contributed by atoms with Gasteiger partial charge in [0.15, 0.2) is 5.82 Å². The van der Waals surface area contributed by atoms with Crippen LogP contribution in [0.15, 0.2) is 41.3 Å². The van der Waals surface area contributed by atoms with Gasteiger partial charge in [0.2, 0.25) is 10.0 Å². The Kier molecular flexibility index (Phi) is 5.27. The molecule has 0 unspecified atom stereocenters. The van der Waals surface area contributed by atoms with Crippen LogP contribution in [-0.2, 0) is 10.0 Å². The average Bonchev–Trinajstić information content (AvgIpc) is 2.51. The van der Waals surface area contributed by atoms with Crippen LogP contribution >= 0.6 is 11.6 Å². The molecule has 0 saturated heterocycles. The van der Waals surface area contributed by atoms with E-state index in [1.807, 2.05) is 0 Å². The molecule has 0 aliphatic heterocycles. The minimum atomic E-state index is -3.68. The van der Waals surface area contributed by atoms with E-state index in [1.165, 1.54) is 50.5 Å². The van der Waals surface area contributed by atoms with Crippen molar-refractivity contribution in [2.45, 2.75) is 11.8 Å². The van der Waals surface area contributed by atoms with Crippen LogP contribution in [0.2, 0.25) is 5.02 Å². The summed E-state index contributed by atoms with van der Waals surface area (Å²) in [5.74, 6) is -1.37. The minimum Gasteiger partial charge on any atom is -0.319 e. The maximum Gasteiger partial charge on any atom is 0.256 e. The standard InChI is InChI=1S/C16H16ClFN2O3S/c1-10-7-8-11(24(22,23)20(2)3)9-12(10)16(21)19-14-6-4-5-13(17)15(14)18/h4-9H,1-3H3,(H,19,21). The van der Waals surface area contributed by atoms with Crippen molar-refractivity contribution in [3.8, 4) is 0 Å². The lowest BCUT2D eigenvalue weighted by Gasteiger charge is -2.14.